The zero-order valence-corrected chi connectivity index (χ0v) is 10.3. The average Bonchev–Trinajstić information content (AvgIpc) is 2.16. The van der Waals surface area contributed by atoms with Crippen LogP contribution in [0.15, 0.2) is 0 Å². The molecular weight excluding hydrogens is 305 g/mol. The van der Waals surface area contributed by atoms with E-state index in [-0.39, 0.29) is 17.1 Å². The zero-order chi connectivity index (χ0) is 11.6. The fraction of sp³-hybridized carbons (Fsp3) is 0. The third kappa shape index (κ3) is 5520. The number of carbonyl (C=O) groups excluding carboxylic acids is 4. The molecule has 0 aromatic rings. The molecule has 0 aliphatic rings. The fourth-order valence-corrected chi connectivity index (χ4v) is 0. The molecule has 13 heavy (non-hydrogen) atoms. The minimum atomic E-state index is -1.46. The van der Waals surface area contributed by atoms with E-state index in [1.807, 2.05) is 0 Å². The normalized spacial score (nSPS) is 4.00. The molecule has 0 N–H and O–H groups in total. The third-order valence-corrected chi connectivity index (χ3v) is 0. The predicted molar refractivity (Wildman–Crippen MR) is 52.9 cm³/mol. The molecule has 4 nitrogen and oxygen atoms in total. The maximum absolute atomic E-state index is 7.75. The Morgan fingerprint density at radius 2 is 0.615 bits per heavy atom. The molecule has 0 radical (unpaired) electrons. The van der Waals surface area contributed by atoms with Gasteiger partial charge in [0.2, 0.25) is 0 Å². The number of halogens is 3. The summed E-state index contributed by atoms with van der Waals surface area (Å²) in [6, 6.07) is 0. The van der Waals surface area contributed by atoms with Crippen LogP contribution in [0.1, 0.15) is 0 Å². The van der Waals surface area contributed by atoms with E-state index in [2.05, 4.69) is 27.2 Å². The monoisotopic (exact) mass is 309 g/mol. The van der Waals surface area contributed by atoms with Crippen molar-refractivity contribution in [3.63, 3.8) is 0 Å². The van der Waals surface area contributed by atoms with Gasteiger partial charge in [0.15, 0.2) is 0 Å². The van der Waals surface area contributed by atoms with Gasteiger partial charge < -0.3 is 19.2 Å². The summed E-state index contributed by atoms with van der Waals surface area (Å²) in [6.07, 6.45) is 0. The first kappa shape index (κ1) is 37.5. The van der Waals surface area contributed by atoms with E-state index >= 15 is 0 Å². The molecule has 0 aliphatic heterocycles. The summed E-state index contributed by atoms with van der Waals surface area (Å²) in [7, 11) is 0. The Morgan fingerprint density at radius 1 is 0.615 bits per heavy atom. The Morgan fingerprint density at radius 3 is 0.615 bits per heavy atom. The van der Waals surface area contributed by atoms with Crippen LogP contribution < -0.4 is 0 Å². The molecule has 0 saturated heterocycles. The second kappa shape index (κ2) is 135. The molecule has 0 unspecified atom stereocenters. The molecule has 0 aromatic carbocycles. The molecular formula is C4H5Cl3FeO4P+. The van der Waals surface area contributed by atoms with E-state index in [1.54, 1.807) is 0 Å². The van der Waals surface area contributed by atoms with Crippen LogP contribution in [0.5, 0.6) is 0 Å². The van der Waals surface area contributed by atoms with Crippen molar-refractivity contribution in [3.8, 4) is 0 Å². The average molecular weight is 310 g/mol. The van der Waals surface area contributed by atoms with Crippen LogP contribution in [0.25, 0.3) is 0 Å². The summed E-state index contributed by atoms with van der Waals surface area (Å²) in [5, 5.41) is 0. The van der Waals surface area contributed by atoms with Gasteiger partial charge in [-0.1, -0.05) is 0 Å². The van der Waals surface area contributed by atoms with Crippen LogP contribution in [0.2, 0.25) is 0 Å². The van der Waals surface area contributed by atoms with Gasteiger partial charge in [-0.25, -0.2) is 0 Å². The molecule has 0 saturated carbocycles. The number of hydrogen-bond donors (Lipinski definition) is 0. The molecule has 0 bridgehead atoms. The van der Waals surface area contributed by atoms with Gasteiger partial charge in [-0.15, -0.1) is 0 Å². The predicted octanol–water partition coefficient (Wildman–Crippen LogP) is 1.56. The van der Waals surface area contributed by atoms with Gasteiger partial charge in [0.25, 0.3) is 5.98 Å². The Balaban J connectivity index is -0.0000000122. The van der Waals surface area contributed by atoms with Crippen molar-refractivity contribution in [2.24, 2.45) is 0 Å². The van der Waals surface area contributed by atoms with Gasteiger partial charge in [-0.2, -0.15) is 0 Å². The molecule has 0 rings (SSSR count). The first-order valence-electron chi connectivity index (χ1n) is 1.51. The van der Waals surface area contributed by atoms with E-state index in [4.69, 9.17) is 52.9 Å². The maximum Gasteiger partial charge on any atom is 4.00 e. The van der Waals surface area contributed by atoms with E-state index in [1.165, 1.54) is 0 Å². The molecule has 9 heteroatoms. The summed E-state index contributed by atoms with van der Waals surface area (Å²) >= 11 is 14.7. The zero-order valence-electron chi connectivity index (χ0n) is 5.93. The van der Waals surface area contributed by atoms with Crippen molar-refractivity contribution in [2.45, 2.75) is 0 Å². The minimum absolute atomic E-state index is 0. The van der Waals surface area contributed by atoms with Crippen molar-refractivity contribution in [1.82, 2.24) is 0 Å². The van der Waals surface area contributed by atoms with E-state index < -0.39 is 5.98 Å². The maximum atomic E-state index is 7.75. The molecule has 0 heterocycles. The molecule has 0 spiro atoms. The molecule has 0 amide bonds. The number of hydrogen-bond acceptors (Lipinski definition) is 4. The van der Waals surface area contributed by atoms with Gasteiger partial charge in [-0.05, 0) is 0 Å². The topological polar surface area (TPSA) is 68.3 Å². The Hall–Kier alpha value is 0.499. The fourth-order valence-electron chi connectivity index (χ4n) is 0. The van der Waals surface area contributed by atoms with Crippen LogP contribution in [-0.4, -0.2) is 27.2 Å². The van der Waals surface area contributed by atoms with Gasteiger partial charge >= 0.3 is 17.1 Å². The van der Waals surface area contributed by atoms with Gasteiger partial charge in [0.05, 0.1) is 0 Å². The van der Waals surface area contributed by atoms with Gasteiger partial charge in [0, 0.05) is 0 Å². The van der Waals surface area contributed by atoms with Crippen LogP contribution in [0, 0.1) is 0 Å². The third-order valence-electron chi connectivity index (χ3n) is 0. The Bertz CT molecular complexity index is 53.9. The van der Waals surface area contributed by atoms with Gasteiger partial charge in [0.1, 0.15) is 33.7 Å². The molecule has 0 atom stereocenters. The smallest absolute Gasteiger partial charge is 0.545 e. The van der Waals surface area contributed by atoms with Crippen molar-refractivity contribution in [3.05, 3.63) is 0 Å². The van der Waals surface area contributed by atoms with Crippen LogP contribution in [0.3, 0.4) is 0 Å². The standard InChI is InChI=1S/4CHO.Cl3P.Fe/c4*1-2;1-4(2)3;/h4*1H;;/q4*-1;;+4/p+1. The van der Waals surface area contributed by atoms with E-state index in [0.717, 1.165) is 0 Å². The van der Waals surface area contributed by atoms with Crippen LogP contribution in [0.4, 0.5) is 0 Å². The van der Waals surface area contributed by atoms with Crippen molar-refractivity contribution < 1.29 is 36.2 Å². The first-order valence-corrected chi connectivity index (χ1v) is 6.05. The second-order valence-corrected chi connectivity index (χ2v) is 5.79. The summed E-state index contributed by atoms with van der Waals surface area (Å²) in [6.45, 7) is 13.0. The van der Waals surface area contributed by atoms with Crippen molar-refractivity contribution in [1.29, 1.82) is 0 Å². The summed E-state index contributed by atoms with van der Waals surface area (Å²) < 4.78 is 0. The van der Waals surface area contributed by atoms with Crippen LogP contribution in [-0.2, 0) is 36.2 Å². The summed E-state index contributed by atoms with van der Waals surface area (Å²) in [5.41, 5.74) is 0. The van der Waals surface area contributed by atoms with E-state index in [0.29, 0.717) is 0 Å². The number of rotatable bonds is 0. The summed E-state index contributed by atoms with van der Waals surface area (Å²) in [4.78, 5) is 31.0. The first-order chi connectivity index (χ1) is 5.73. The van der Waals surface area contributed by atoms with E-state index in [9.17, 15) is 0 Å². The Kier molecular flexibility index (Phi) is 389. The minimum Gasteiger partial charge on any atom is -0.545 e. The largest absolute Gasteiger partial charge is 4.00 e. The molecule has 0 fully saturated rings. The Labute approximate surface area is 103 Å². The molecule has 78 valence electrons. The quantitative estimate of drug-likeness (QED) is 0.295. The van der Waals surface area contributed by atoms with Crippen LogP contribution >= 0.6 is 39.7 Å². The second-order valence-electron chi connectivity index (χ2n) is 0.214. The SMILES string of the molecule is Cl[PH+](Cl)Cl.[CH-]=O.[CH-]=O.[CH-]=O.[CH-]=O.[Fe+4]. The molecule has 0 aromatic heterocycles. The van der Waals surface area contributed by atoms with Crippen molar-refractivity contribution in [2.75, 3.05) is 0 Å². The van der Waals surface area contributed by atoms with Gasteiger partial charge in [-0.3, -0.25) is 27.2 Å². The summed E-state index contributed by atoms with van der Waals surface area (Å²) in [5.74, 6) is -1.46. The van der Waals surface area contributed by atoms with Crippen molar-refractivity contribution >= 4 is 66.9 Å². The molecule has 0 aliphatic carbocycles.